The van der Waals surface area contributed by atoms with Crippen molar-refractivity contribution < 1.29 is 89.0 Å². The molecule has 9 aliphatic rings. The van der Waals surface area contributed by atoms with Crippen LogP contribution in [0.2, 0.25) is 0 Å². The molecule has 0 aromatic rings. The van der Waals surface area contributed by atoms with Crippen LogP contribution in [0.3, 0.4) is 0 Å². The molecule has 0 radical (unpaired) electrons. The summed E-state index contributed by atoms with van der Waals surface area (Å²) in [7, 11) is 0. The van der Waals surface area contributed by atoms with E-state index in [2.05, 4.69) is 20.8 Å². The van der Waals surface area contributed by atoms with Crippen LogP contribution < -0.4 is 0 Å². The Morgan fingerprint density at radius 1 is 0.603 bits per heavy atom. The molecule has 362 valence electrons. The van der Waals surface area contributed by atoms with Gasteiger partial charge in [-0.15, -0.1) is 0 Å². The molecule has 63 heavy (non-hydrogen) atoms. The number of fused-ring (bicyclic) bond motifs is 7. The molecular weight excluding hydrogens is 828 g/mol. The zero-order chi connectivity index (χ0) is 45.2. The van der Waals surface area contributed by atoms with E-state index < -0.39 is 123 Å². The van der Waals surface area contributed by atoms with Gasteiger partial charge in [-0.2, -0.15) is 0 Å². The molecule has 0 bridgehead atoms. The van der Waals surface area contributed by atoms with Crippen LogP contribution in [0.4, 0.5) is 0 Å². The van der Waals surface area contributed by atoms with Crippen molar-refractivity contribution in [3.05, 3.63) is 0 Å². The van der Waals surface area contributed by atoms with Gasteiger partial charge >= 0.3 is 0 Å². The van der Waals surface area contributed by atoms with E-state index in [1.165, 1.54) is 13.8 Å². The summed E-state index contributed by atoms with van der Waals surface area (Å²) in [4.78, 5) is 0. The first-order chi connectivity index (χ1) is 29.7. The fourth-order valence-corrected chi connectivity index (χ4v) is 14.6. The Kier molecular flexibility index (Phi) is 13.0. The second-order valence-electron chi connectivity index (χ2n) is 21.7. The average Bonchev–Trinajstić information content (AvgIpc) is 3.69. The van der Waals surface area contributed by atoms with Gasteiger partial charge in [-0.3, -0.25) is 0 Å². The highest BCUT2D eigenvalue weighted by molar-refractivity contribution is 5.16. The molecule has 18 nitrogen and oxygen atoms in total. The largest absolute Gasteiger partial charge is 0.394 e. The number of hydrogen-bond acceptors (Lipinski definition) is 18. The monoisotopic (exact) mass is 902 g/mol. The van der Waals surface area contributed by atoms with Crippen molar-refractivity contribution in [3.63, 3.8) is 0 Å². The molecular formula is C45H74O18. The molecule has 0 unspecified atom stereocenters. The first kappa shape index (κ1) is 47.4. The minimum atomic E-state index is -1.76. The van der Waals surface area contributed by atoms with Crippen LogP contribution >= 0.6 is 0 Å². The zero-order valence-electron chi connectivity index (χ0n) is 37.3. The van der Waals surface area contributed by atoms with E-state index in [0.29, 0.717) is 49.5 Å². The van der Waals surface area contributed by atoms with Gasteiger partial charge in [0.2, 0.25) is 0 Å². The summed E-state index contributed by atoms with van der Waals surface area (Å²) in [5, 5.41) is 109. The van der Waals surface area contributed by atoms with Gasteiger partial charge in [-0.05, 0) is 99.2 Å². The fourth-order valence-electron chi connectivity index (χ4n) is 14.6. The molecule has 0 aromatic carbocycles. The topological polar surface area (TPSA) is 276 Å². The summed E-state index contributed by atoms with van der Waals surface area (Å²) in [5.41, 5.74) is -0.129. The summed E-state index contributed by atoms with van der Waals surface area (Å²) in [6.07, 6.45) is -18.1. The Morgan fingerprint density at radius 2 is 1.24 bits per heavy atom. The third-order valence-electron chi connectivity index (χ3n) is 18.4. The van der Waals surface area contributed by atoms with Gasteiger partial charge in [-0.25, -0.2) is 0 Å². The van der Waals surface area contributed by atoms with Crippen molar-refractivity contribution >= 4 is 0 Å². The number of hydrogen-bond donors (Lipinski definition) is 10. The van der Waals surface area contributed by atoms with E-state index in [1.54, 1.807) is 0 Å². The van der Waals surface area contributed by atoms with Gasteiger partial charge in [0, 0.05) is 18.3 Å². The van der Waals surface area contributed by atoms with Crippen LogP contribution in [-0.4, -0.2) is 187 Å². The molecule has 10 N–H and O–H groups in total. The number of aliphatic hydroxyl groups is 10. The summed E-state index contributed by atoms with van der Waals surface area (Å²) in [6, 6.07) is 0. The molecule has 9 rings (SSSR count). The Balaban J connectivity index is 0.914. The second kappa shape index (κ2) is 17.4. The van der Waals surface area contributed by atoms with E-state index in [-0.39, 0.29) is 34.7 Å². The maximum Gasteiger partial charge on any atom is 0.187 e. The minimum Gasteiger partial charge on any atom is -0.394 e. The standard InChI is InChI=1S/C45H74O18/c1-17-16-56-45(14-25(17)47)18(2)30-28(63-45)12-24-22-8-7-21-11-27(26(48)13-44(21,6)23(22)9-10-43(24,30)5)59-42-39(62-41-36(54)34(52)32(50)20(4)58-41)37(55)38(29(15-46)60-42)61-40-35(53)33(51)31(49)19(3)57-40/h17-42,46-55H,7-16H2,1-6H3/t17-,18+,19+,20+,21+,22+,23-,24+,25-,26-,27-,28-,29-,30-,31+,32+,33-,34-,35-,36-,37+,38-,39-,40+,41+,42-,43+,44+,45+/m1/s1. The Hall–Kier alpha value is -0.720. The van der Waals surface area contributed by atoms with Gasteiger partial charge in [0.15, 0.2) is 24.7 Å². The van der Waals surface area contributed by atoms with E-state index in [9.17, 15) is 51.1 Å². The highest BCUT2D eigenvalue weighted by Crippen LogP contribution is 2.71. The first-order valence-electron chi connectivity index (χ1n) is 23.7. The fraction of sp³-hybridized carbons (Fsp3) is 1.00. The smallest absolute Gasteiger partial charge is 0.187 e. The number of aliphatic hydroxyl groups excluding tert-OH is 10. The summed E-state index contributed by atoms with van der Waals surface area (Å²) in [5.74, 6) is 1.29. The molecule has 18 heteroatoms. The van der Waals surface area contributed by atoms with Gasteiger partial charge in [0.1, 0.15) is 61.0 Å². The van der Waals surface area contributed by atoms with E-state index >= 15 is 0 Å². The zero-order valence-corrected chi connectivity index (χ0v) is 37.3. The molecule has 4 saturated carbocycles. The van der Waals surface area contributed by atoms with Crippen molar-refractivity contribution in [2.45, 2.75) is 215 Å². The lowest BCUT2D eigenvalue weighted by atomic mass is 9.44. The van der Waals surface area contributed by atoms with Crippen LogP contribution in [-0.2, 0) is 37.9 Å². The first-order valence-corrected chi connectivity index (χ1v) is 23.7. The quantitative estimate of drug-likeness (QED) is 0.141. The predicted octanol–water partition coefficient (Wildman–Crippen LogP) is -0.737. The molecule has 5 saturated heterocycles. The van der Waals surface area contributed by atoms with Crippen LogP contribution in [0.15, 0.2) is 0 Å². The third-order valence-corrected chi connectivity index (χ3v) is 18.4. The highest BCUT2D eigenvalue weighted by atomic mass is 16.8. The van der Waals surface area contributed by atoms with Crippen LogP contribution in [0.5, 0.6) is 0 Å². The molecule has 29 atom stereocenters. The Bertz CT molecular complexity index is 1610. The van der Waals surface area contributed by atoms with Crippen molar-refractivity contribution in [2.75, 3.05) is 13.2 Å². The lowest BCUT2D eigenvalue weighted by molar-refractivity contribution is -0.391. The van der Waals surface area contributed by atoms with Crippen molar-refractivity contribution in [1.29, 1.82) is 0 Å². The normalized spacial score (nSPS) is 60.6. The van der Waals surface area contributed by atoms with E-state index in [1.807, 2.05) is 6.92 Å². The van der Waals surface area contributed by atoms with Crippen molar-refractivity contribution in [2.24, 2.45) is 52.3 Å². The van der Waals surface area contributed by atoms with Gasteiger partial charge in [0.25, 0.3) is 0 Å². The van der Waals surface area contributed by atoms with Crippen LogP contribution in [0.25, 0.3) is 0 Å². The minimum absolute atomic E-state index is 0.0648. The maximum absolute atomic E-state index is 12.1. The molecule has 5 heterocycles. The Morgan fingerprint density at radius 3 is 1.86 bits per heavy atom. The summed E-state index contributed by atoms with van der Waals surface area (Å²) >= 11 is 0. The summed E-state index contributed by atoms with van der Waals surface area (Å²) in [6.45, 7) is 11.8. The van der Waals surface area contributed by atoms with Crippen LogP contribution in [0, 0.1) is 52.3 Å². The van der Waals surface area contributed by atoms with Crippen LogP contribution in [0.1, 0.15) is 92.9 Å². The Labute approximate surface area is 369 Å². The second-order valence-corrected chi connectivity index (χ2v) is 21.7. The molecule has 5 aliphatic heterocycles. The molecule has 0 aromatic heterocycles. The van der Waals surface area contributed by atoms with Gasteiger partial charge in [-0.1, -0.05) is 27.7 Å². The van der Waals surface area contributed by atoms with Gasteiger partial charge < -0.3 is 89.0 Å². The molecule has 4 aliphatic carbocycles. The maximum atomic E-state index is 12.1. The molecule has 1 spiro atoms. The molecule has 9 fully saturated rings. The SMILES string of the molecule is C[C@@H]1CO[C@@]2(C[C@H]1O)O[C@@H]1C[C@H]3[C@H]4CC[C@H]5C[C@@H](O[C@@H]6O[C@H](CO)[C@@H](O[C@@H]7O[C@@H](C)[C@H](O)[C@@H](O)[C@H]7O)[C@H](O)[C@H]6O[C@@H]6O[C@@H](C)[C@H](O)[C@@H](O)[C@H]6O)[C@H](O)C[C@]5(C)[C@@H]4CC[C@]3(C)[C@@H]1[C@@H]2C. The van der Waals surface area contributed by atoms with E-state index in [0.717, 1.165) is 32.1 Å². The van der Waals surface area contributed by atoms with Gasteiger partial charge in [0.05, 0.1) is 49.8 Å². The number of rotatable bonds is 7. The van der Waals surface area contributed by atoms with Crippen molar-refractivity contribution in [1.82, 2.24) is 0 Å². The lowest BCUT2D eigenvalue weighted by Gasteiger charge is -2.62. The number of ether oxygens (including phenoxy) is 8. The predicted molar refractivity (Wildman–Crippen MR) is 216 cm³/mol. The van der Waals surface area contributed by atoms with E-state index in [4.69, 9.17) is 37.9 Å². The summed E-state index contributed by atoms with van der Waals surface area (Å²) < 4.78 is 49.7. The highest BCUT2D eigenvalue weighted by Gasteiger charge is 2.70. The third kappa shape index (κ3) is 7.70. The molecule has 0 amide bonds. The van der Waals surface area contributed by atoms with Crippen molar-refractivity contribution in [3.8, 4) is 0 Å². The lowest BCUT2D eigenvalue weighted by Crippen LogP contribution is -2.67. The average molecular weight is 903 g/mol.